The van der Waals surface area contributed by atoms with E-state index < -0.39 is 18.0 Å². The molecule has 1 fully saturated rings. The normalized spacial score (nSPS) is 15.1. The molecule has 1 saturated heterocycles. The molecule has 2 aromatic carbocycles. The van der Waals surface area contributed by atoms with Gasteiger partial charge in [0.25, 0.3) is 0 Å². The molecule has 3 heterocycles. The molecule has 34 heavy (non-hydrogen) atoms. The Balaban J connectivity index is 1.60. The second kappa shape index (κ2) is 8.47. The fourth-order valence-corrected chi connectivity index (χ4v) is 4.14. The van der Waals surface area contributed by atoms with E-state index in [4.69, 9.17) is 4.74 Å². The third kappa shape index (κ3) is 3.68. The van der Waals surface area contributed by atoms with Gasteiger partial charge in [-0.1, -0.05) is 30.3 Å². The van der Waals surface area contributed by atoms with Gasteiger partial charge in [-0.15, -0.1) is 0 Å². The summed E-state index contributed by atoms with van der Waals surface area (Å²) < 4.78 is 7.21. The lowest BCUT2D eigenvalue weighted by Crippen LogP contribution is -2.56. The molecule has 1 aliphatic heterocycles. The van der Waals surface area contributed by atoms with Crippen molar-refractivity contribution in [3.8, 4) is 28.3 Å². The van der Waals surface area contributed by atoms with Crippen LogP contribution in [0.25, 0.3) is 33.4 Å². The van der Waals surface area contributed by atoms with Crippen LogP contribution in [0.2, 0.25) is 0 Å². The van der Waals surface area contributed by atoms with Crippen LogP contribution < -0.4 is 10.1 Å². The van der Waals surface area contributed by atoms with Gasteiger partial charge in [0.1, 0.15) is 23.8 Å². The first-order valence-corrected chi connectivity index (χ1v) is 10.7. The average molecular weight is 458 g/mol. The third-order valence-electron chi connectivity index (χ3n) is 5.91. The minimum absolute atomic E-state index is 0.337. The molecule has 5 rings (SSSR count). The smallest absolute Gasteiger partial charge is 0.407 e. The van der Waals surface area contributed by atoms with E-state index in [1.54, 1.807) is 16.8 Å². The zero-order valence-corrected chi connectivity index (χ0v) is 18.6. The summed E-state index contributed by atoms with van der Waals surface area (Å²) in [5.41, 5.74) is 4.25. The Morgan fingerprint density at radius 2 is 1.94 bits per heavy atom. The molecule has 0 bridgehead atoms. The highest BCUT2D eigenvalue weighted by molar-refractivity contribution is 6.03. The predicted octanol–water partition coefficient (Wildman–Crippen LogP) is 3.40. The summed E-state index contributed by atoms with van der Waals surface area (Å²) in [7, 11) is 3.35. The first-order chi connectivity index (χ1) is 16.5. The number of nitrogens with one attached hydrogen (secondary N) is 1. The van der Waals surface area contributed by atoms with Gasteiger partial charge in [-0.2, -0.15) is 5.10 Å². The maximum absolute atomic E-state index is 12.8. The van der Waals surface area contributed by atoms with E-state index in [-0.39, 0.29) is 0 Å². The van der Waals surface area contributed by atoms with Crippen LogP contribution in [0.15, 0.2) is 55.0 Å². The lowest BCUT2D eigenvalue weighted by atomic mass is 10.0. The van der Waals surface area contributed by atoms with Crippen molar-refractivity contribution < 1.29 is 19.4 Å². The van der Waals surface area contributed by atoms with Crippen molar-refractivity contribution in [1.82, 2.24) is 24.6 Å². The van der Waals surface area contributed by atoms with Crippen molar-refractivity contribution in [2.75, 3.05) is 19.0 Å². The molecule has 0 saturated carbocycles. The summed E-state index contributed by atoms with van der Waals surface area (Å²) in [5.74, 6) is 0.0113. The van der Waals surface area contributed by atoms with Crippen LogP contribution in [0.4, 0.5) is 10.5 Å². The standard InChI is InChI=1S/C24H22N6O4/c1-29-12-16(21(28-29)14-6-4-3-5-7-14)22-15-10-18(20(34-2)11-17(15)25-13-26-22)27-23(31)19-8-9-30(19)24(32)33/h3-7,10-13,19H,8-9H2,1-2H3,(H,27,31)(H,32,33). The van der Waals surface area contributed by atoms with Crippen molar-refractivity contribution in [1.29, 1.82) is 0 Å². The average Bonchev–Trinajstić information content (AvgIpc) is 3.19. The van der Waals surface area contributed by atoms with Crippen molar-refractivity contribution in [3.05, 3.63) is 55.0 Å². The van der Waals surface area contributed by atoms with Crippen molar-refractivity contribution in [3.63, 3.8) is 0 Å². The van der Waals surface area contributed by atoms with Crippen LogP contribution in [0.5, 0.6) is 5.75 Å². The first kappa shape index (κ1) is 21.4. The molecule has 172 valence electrons. The monoisotopic (exact) mass is 458 g/mol. The van der Waals surface area contributed by atoms with Gasteiger partial charge in [-0.05, 0) is 12.5 Å². The zero-order valence-electron chi connectivity index (χ0n) is 18.6. The lowest BCUT2D eigenvalue weighted by Gasteiger charge is -2.37. The number of hydrogen-bond donors (Lipinski definition) is 2. The zero-order chi connectivity index (χ0) is 23.8. The largest absolute Gasteiger partial charge is 0.494 e. The molecule has 1 aliphatic rings. The molecule has 0 spiro atoms. The predicted molar refractivity (Wildman–Crippen MR) is 125 cm³/mol. The Hall–Kier alpha value is -4.47. The molecule has 2 aromatic heterocycles. The van der Waals surface area contributed by atoms with Crippen LogP contribution in [0.1, 0.15) is 6.42 Å². The van der Waals surface area contributed by atoms with Gasteiger partial charge in [0.05, 0.1) is 24.0 Å². The summed E-state index contributed by atoms with van der Waals surface area (Å²) in [6.45, 7) is 0.337. The summed E-state index contributed by atoms with van der Waals surface area (Å²) in [4.78, 5) is 34.1. The number of rotatable bonds is 5. The van der Waals surface area contributed by atoms with E-state index in [0.29, 0.717) is 41.0 Å². The van der Waals surface area contributed by atoms with Gasteiger partial charge >= 0.3 is 6.09 Å². The molecular weight excluding hydrogens is 436 g/mol. The summed E-state index contributed by atoms with van der Waals surface area (Å²) >= 11 is 0. The first-order valence-electron chi connectivity index (χ1n) is 10.7. The number of fused-ring (bicyclic) bond motifs is 1. The highest BCUT2D eigenvalue weighted by Crippen LogP contribution is 2.37. The number of aryl methyl sites for hydroxylation is 1. The lowest BCUT2D eigenvalue weighted by molar-refractivity contribution is -0.124. The van der Waals surface area contributed by atoms with E-state index in [2.05, 4.69) is 20.4 Å². The molecule has 0 radical (unpaired) electrons. The number of aromatic nitrogens is 4. The Morgan fingerprint density at radius 1 is 1.15 bits per heavy atom. The number of methoxy groups -OCH3 is 1. The van der Waals surface area contributed by atoms with Crippen LogP contribution in [-0.4, -0.2) is 61.5 Å². The van der Waals surface area contributed by atoms with Gasteiger partial charge in [-0.3, -0.25) is 14.4 Å². The minimum Gasteiger partial charge on any atom is -0.494 e. The van der Waals surface area contributed by atoms with Gasteiger partial charge in [0, 0.05) is 42.4 Å². The fraction of sp³-hybridized carbons (Fsp3) is 0.208. The second-order valence-corrected chi connectivity index (χ2v) is 7.99. The topological polar surface area (TPSA) is 122 Å². The van der Waals surface area contributed by atoms with Gasteiger partial charge in [0.15, 0.2) is 0 Å². The maximum Gasteiger partial charge on any atom is 0.407 e. The number of carbonyl (C=O) groups is 2. The second-order valence-electron chi connectivity index (χ2n) is 7.99. The highest BCUT2D eigenvalue weighted by atomic mass is 16.5. The minimum atomic E-state index is -1.11. The molecular formula is C24H22N6O4. The number of carboxylic acid groups (broad SMARTS) is 1. The van der Waals surface area contributed by atoms with Gasteiger partial charge < -0.3 is 15.2 Å². The fourth-order valence-electron chi connectivity index (χ4n) is 4.14. The Labute approximate surface area is 194 Å². The molecule has 10 nitrogen and oxygen atoms in total. The van der Waals surface area contributed by atoms with E-state index in [9.17, 15) is 14.7 Å². The van der Waals surface area contributed by atoms with Crippen molar-refractivity contribution in [2.45, 2.75) is 12.5 Å². The number of hydrogen-bond acceptors (Lipinski definition) is 6. The van der Waals surface area contributed by atoms with Crippen LogP contribution >= 0.6 is 0 Å². The Bertz CT molecular complexity index is 1400. The van der Waals surface area contributed by atoms with Crippen molar-refractivity contribution >= 4 is 28.6 Å². The van der Waals surface area contributed by atoms with Crippen LogP contribution in [0.3, 0.4) is 0 Å². The van der Waals surface area contributed by atoms with Crippen LogP contribution in [-0.2, 0) is 11.8 Å². The number of ether oxygens (including phenoxy) is 1. The molecule has 10 heteroatoms. The SMILES string of the molecule is COc1cc2ncnc(-c3cn(C)nc3-c3ccccc3)c2cc1NC(=O)C1CCN1C(=O)O. The van der Waals surface area contributed by atoms with Crippen LogP contribution in [0, 0.1) is 0 Å². The quantitative estimate of drug-likeness (QED) is 0.470. The molecule has 2 N–H and O–H groups in total. The third-order valence-corrected chi connectivity index (χ3v) is 5.91. The highest BCUT2D eigenvalue weighted by Gasteiger charge is 2.38. The van der Waals surface area contributed by atoms with E-state index >= 15 is 0 Å². The number of anilines is 1. The Kier molecular flexibility index (Phi) is 5.33. The molecule has 1 unspecified atom stereocenters. The van der Waals surface area contributed by atoms with Gasteiger partial charge in [0.2, 0.25) is 5.91 Å². The maximum atomic E-state index is 12.8. The molecule has 4 aromatic rings. The number of likely N-dealkylation sites (tertiary alicyclic amines) is 1. The van der Waals surface area contributed by atoms with E-state index in [1.807, 2.05) is 43.6 Å². The van der Waals surface area contributed by atoms with Crippen molar-refractivity contribution in [2.24, 2.45) is 7.05 Å². The molecule has 1 atom stereocenters. The van der Waals surface area contributed by atoms with E-state index in [1.165, 1.54) is 13.4 Å². The van der Waals surface area contributed by atoms with E-state index in [0.717, 1.165) is 21.7 Å². The summed E-state index contributed by atoms with van der Waals surface area (Å²) in [5, 5.41) is 17.4. The number of benzene rings is 2. The van der Waals surface area contributed by atoms with Gasteiger partial charge in [-0.25, -0.2) is 14.8 Å². The number of nitrogens with zero attached hydrogens (tertiary/aromatic N) is 5. The summed E-state index contributed by atoms with van der Waals surface area (Å²) in [6.07, 6.45) is 2.73. The number of carbonyl (C=O) groups excluding carboxylic acids is 1. The molecule has 2 amide bonds. The summed E-state index contributed by atoms with van der Waals surface area (Å²) in [6, 6.07) is 12.6. The molecule has 0 aliphatic carbocycles. The number of amides is 2. The Morgan fingerprint density at radius 3 is 2.62 bits per heavy atom.